The van der Waals surface area contributed by atoms with Crippen LogP contribution in [0.15, 0.2) is 18.2 Å². The van der Waals surface area contributed by atoms with E-state index in [4.69, 9.17) is 10.2 Å². The van der Waals surface area contributed by atoms with Gasteiger partial charge in [-0.15, -0.1) is 5.10 Å². The van der Waals surface area contributed by atoms with Gasteiger partial charge in [0.1, 0.15) is 11.3 Å². The summed E-state index contributed by atoms with van der Waals surface area (Å²) in [5.41, 5.74) is 0.136. The van der Waals surface area contributed by atoms with Gasteiger partial charge in [-0.2, -0.15) is 0 Å². The third-order valence-corrected chi connectivity index (χ3v) is 2.55. The highest BCUT2D eigenvalue weighted by atomic mass is 16.4. The van der Waals surface area contributed by atoms with Gasteiger partial charge in [0.2, 0.25) is 0 Å². The summed E-state index contributed by atoms with van der Waals surface area (Å²) < 4.78 is 1.20. The predicted molar refractivity (Wildman–Crippen MR) is 61.7 cm³/mol. The number of carboxylic acids is 2. The number of hydrogen-bond acceptors (Lipinski definition) is 5. The second kappa shape index (κ2) is 4.41. The van der Waals surface area contributed by atoms with Crippen molar-refractivity contribution in [2.45, 2.75) is 6.92 Å². The molecule has 2 rings (SSSR count). The van der Waals surface area contributed by atoms with E-state index in [9.17, 15) is 14.7 Å². The average molecular weight is 263 g/mol. The Balaban J connectivity index is 2.51. The van der Waals surface area contributed by atoms with E-state index in [0.29, 0.717) is 5.69 Å². The van der Waals surface area contributed by atoms with Gasteiger partial charge in [0.25, 0.3) is 0 Å². The predicted octanol–water partition coefficient (Wildman–Crippen LogP) is 0.678. The number of aromatic carboxylic acids is 2. The summed E-state index contributed by atoms with van der Waals surface area (Å²) in [5.74, 6) is -2.91. The molecule has 0 aliphatic heterocycles. The first kappa shape index (κ1) is 12.6. The maximum atomic E-state index is 10.8. The molecule has 0 bridgehead atoms. The Morgan fingerprint density at radius 2 is 1.89 bits per heavy atom. The van der Waals surface area contributed by atoms with Gasteiger partial charge in [-0.1, -0.05) is 5.21 Å². The van der Waals surface area contributed by atoms with E-state index in [-0.39, 0.29) is 17.0 Å². The third-order valence-electron chi connectivity index (χ3n) is 2.55. The number of carbonyl (C=O) groups is 2. The summed E-state index contributed by atoms with van der Waals surface area (Å²) in [6, 6.07) is 3.78. The van der Waals surface area contributed by atoms with E-state index in [1.807, 2.05) is 0 Å². The second-order valence-corrected chi connectivity index (χ2v) is 3.75. The van der Waals surface area contributed by atoms with Gasteiger partial charge in [0.05, 0.1) is 11.4 Å². The summed E-state index contributed by atoms with van der Waals surface area (Å²) in [7, 11) is 0. The lowest BCUT2D eigenvalue weighted by Gasteiger charge is -2.05. The Morgan fingerprint density at radius 1 is 1.21 bits per heavy atom. The first-order valence-electron chi connectivity index (χ1n) is 5.14. The second-order valence-electron chi connectivity index (χ2n) is 3.75. The van der Waals surface area contributed by atoms with Crippen LogP contribution in [0.2, 0.25) is 0 Å². The van der Waals surface area contributed by atoms with Crippen LogP contribution in [0.1, 0.15) is 26.5 Å². The van der Waals surface area contributed by atoms with Crippen LogP contribution in [-0.4, -0.2) is 42.3 Å². The zero-order valence-corrected chi connectivity index (χ0v) is 9.73. The van der Waals surface area contributed by atoms with Crippen molar-refractivity contribution in [3.63, 3.8) is 0 Å². The van der Waals surface area contributed by atoms with Gasteiger partial charge in [-0.25, -0.2) is 14.3 Å². The van der Waals surface area contributed by atoms with Crippen molar-refractivity contribution in [3.05, 3.63) is 35.2 Å². The number of nitrogens with zero attached hydrogens (tertiary/aromatic N) is 3. The van der Waals surface area contributed by atoms with E-state index in [0.717, 1.165) is 0 Å². The zero-order valence-electron chi connectivity index (χ0n) is 9.73. The number of aromatic hydroxyl groups is 1. The van der Waals surface area contributed by atoms with Crippen molar-refractivity contribution in [1.82, 2.24) is 15.0 Å². The molecule has 0 saturated heterocycles. The molecule has 8 nitrogen and oxygen atoms in total. The summed E-state index contributed by atoms with van der Waals surface area (Å²) in [4.78, 5) is 21.6. The molecule has 1 aromatic carbocycles. The Kier molecular flexibility index (Phi) is 2.91. The number of phenols is 1. The maximum absolute atomic E-state index is 10.8. The zero-order chi connectivity index (χ0) is 14.2. The molecule has 0 amide bonds. The summed E-state index contributed by atoms with van der Waals surface area (Å²) >= 11 is 0. The summed E-state index contributed by atoms with van der Waals surface area (Å²) in [6.07, 6.45) is 0. The van der Waals surface area contributed by atoms with Crippen LogP contribution in [0.25, 0.3) is 5.69 Å². The Hall–Kier alpha value is -2.90. The molecular formula is C11H9N3O5. The Bertz CT molecular complexity index is 677. The fraction of sp³-hybridized carbons (Fsp3) is 0.0909. The van der Waals surface area contributed by atoms with Crippen molar-refractivity contribution in [3.8, 4) is 11.4 Å². The van der Waals surface area contributed by atoms with Crippen molar-refractivity contribution >= 4 is 11.9 Å². The normalized spacial score (nSPS) is 10.4. The minimum Gasteiger partial charge on any atom is -0.507 e. The minimum atomic E-state index is -1.26. The molecule has 1 aromatic heterocycles. The van der Waals surface area contributed by atoms with Crippen LogP contribution < -0.4 is 0 Å². The topological polar surface area (TPSA) is 126 Å². The maximum Gasteiger partial charge on any atom is 0.358 e. The number of hydrogen-bond donors (Lipinski definition) is 3. The molecule has 2 aromatic rings. The molecular weight excluding hydrogens is 254 g/mol. The summed E-state index contributed by atoms with van der Waals surface area (Å²) in [6.45, 7) is 1.51. The van der Waals surface area contributed by atoms with Gasteiger partial charge in [-0.3, -0.25) is 0 Å². The van der Waals surface area contributed by atoms with E-state index in [1.165, 1.54) is 29.8 Å². The van der Waals surface area contributed by atoms with Gasteiger partial charge < -0.3 is 15.3 Å². The van der Waals surface area contributed by atoms with Gasteiger partial charge >= 0.3 is 11.9 Å². The quantitative estimate of drug-likeness (QED) is 0.743. The molecule has 98 valence electrons. The number of benzene rings is 1. The molecule has 0 aliphatic carbocycles. The Labute approximate surface area is 106 Å². The van der Waals surface area contributed by atoms with Crippen LogP contribution in [0, 0.1) is 6.92 Å². The molecule has 0 fully saturated rings. The van der Waals surface area contributed by atoms with Crippen LogP contribution >= 0.6 is 0 Å². The van der Waals surface area contributed by atoms with Gasteiger partial charge in [0.15, 0.2) is 5.69 Å². The highest BCUT2D eigenvalue weighted by Crippen LogP contribution is 2.22. The molecule has 3 N–H and O–H groups in total. The van der Waals surface area contributed by atoms with Crippen molar-refractivity contribution in [2.75, 3.05) is 0 Å². The van der Waals surface area contributed by atoms with Crippen molar-refractivity contribution in [1.29, 1.82) is 0 Å². The number of rotatable bonds is 3. The lowest BCUT2D eigenvalue weighted by molar-refractivity contribution is 0.0680. The fourth-order valence-electron chi connectivity index (χ4n) is 1.60. The van der Waals surface area contributed by atoms with Crippen molar-refractivity contribution in [2.24, 2.45) is 0 Å². The molecule has 0 radical (unpaired) electrons. The molecule has 0 atom stereocenters. The van der Waals surface area contributed by atoms with Crippen LogP contribution in [-0.2, 0) is 0 Å². The molecule has 0 saturated carbocycles. The van der Waals surface area contributed by atoms with E-state index >= 15 is 0 Å². The minimum absolute atomic E-state index is 0.207. The Morgan fingerprint density at radius 3 is 2.37 bits per heavy atom. The van der Waals surface area contributed by atoms with Crippen molar-refractivity contribution < 1.29 is 24.9 Å². The molecule has 0 spiro atoms. The monoisotopic (exact) mass is 263 g/mol. The lowest BCUT2D eigenvalue weighted by Crippen LogP contribution is -2.04. The van der Waals surface area contributed by atoms with Crippen LogP contribution in [0.3, 0.4) is 0 Å². The van der Waals surface area contributed by atoms with E-state index < -0.39 is 17.7 Å². The van der Waals surface area contributed by atoms with Crippen LogP contribution in [0.4, 0.5) is 0 Å². The molecule has 0 aliphatic rings. The number of carboxylic acid groups (broad SMARTS) is 2. The molecule has 1 heterocycles. The molecule has 19 heavy (non-hydrogen) atoms. The lowest BCUT2D eigenvalue weighted by atomic mass is 10.2. The van der Waals surface area contributed by atoms with Crippen LogP contribution in [0.5, 0.6) is 5.75 Å². The first-order chi connectivity index (χ1) is 8.91. The van der Waals surface area contributed by atoms with E-state index in [2.05, 4.69) is 10.3 Å². The third kappa shape index (κ3) is 2.10. The highest BCUT2D eigenvalue weighted by Gasteiger charge is 2.17. The largest absolute Gasteiger partial charge is 0.507 e. The smallest absolute Gasteiger partial charge is 0.358 e. The fourth-order valence-corrected chi connectivity index (χ4v) is 1.60. The molecule has 8 heteroatoms. The number of aromatic nitrogens is 3. The average Bonchev–Trinajstić information content (AvgIpc) is 2.70. The highest BCUT2D eigenvalue weighted by molar-refractivity contribution is 5.91. The molecule has 0 unspecified atom stereocenters. The SMILES string of the molecule is Cc1c(C(=O)O)nnn1-c1ccc(C(=O)O)c(O)c1. The standard InChI is InChI=1S/C11H9N3O5/c1-5-9(11(18)19)12-13-14(5)6-2-3-7(10(16)17)8(15)4-6/h2-4,15H,1H3,(H,16,17)(H,18,19). The van der Waals surface area contributed by atoms with Gasteiger partial charge in [-0.05, 0) is 19.1 Å². The van der Waals surface area contributed by atoms with Gasteiger partial charge in [0, 0.05) is 6.07 Å². The van der Waals surface area contributed by atoms with E-state index in [1.54, 1.807) is 0 Å². The first-order valence-corrected chi connectivity index (χ1v) is 5.14. The summed E-state index contributed by atoms with van der Waals surface area (Å²) in [5, 5.41) is 34.4.